The van der Waals surface area contributed by atoms with Gasteiger partial charge in [0.2, 0.25) is 0 Å². The zero-order valence-corrected chi connectivity index (χ0v) is 19.0. The number of tetrazole rings is 1. The number of rotatable bonds is 6. The zero-order valence-electron chi connectivity index (χ0n) is 19.0. The van der Waals surface area contributed by atoms with Crippen molar-refractivity contribution in [3.8, 4) is 5.82 Å². The van der Waals surface area contributed by atoms with Crippen molar-refractivity contribution < 1.29 is 23.8 Å². The van der Waals surface area contributed by atoms with Gasteiger partial charge in [-0.2, -0.15) is 4.68 Å². The molecule has 0 saturated carbocycles. The van der Waals surface area contributed by atoms with Gasteiger partial charge in [-0.05, 0) is 53.1 Å². The van der Waals surface area contributed by atoms with Crippen molar-refractivity contribution in [1.29, 1.82) is 0 Å². The Morgan fingerprint density at radius 1 is 1.34 bits per heavy atom. The number of halogens is 1. The number of piperidine rings is 1. The van der Waals surface area contributed by atoms with Gasteiger partial charge in [-0.15, -0.1) is 5.10 Å². The molecule has 2 N–H and O–H groups in total. The number of aliphatic hydroxyl groups is 1. The Labute approximate surface area is 199 Å². The molecule has 1 aromatic carbocycles. The number of pyridine rings is 1. The molecule has 5 rings (SSSR count). The number of benzene rings is 1. The molecule has 0 aliphatic carbocycles. The van der Waals surface area contributed by atoms with Crippen LogP contribution in [0, 0.1) is 6.92 Å². The van der Waals surface area contributed by atoms with Crippen LogP contribution in [0.4, 0.5) is 4.39 Å². The molecule has 1 fully saturated rings. The molecular formula is C23H24FN7O4. The number of alkyl halides is 1. The lowest BCUT2D eigenvalue weighted by atomic mass is 9.94. The van der Waals surface area contributed by atoms with Crippen LogP contribution in [0.1, 0.15) is 49.9 Å². The van der Waals surface area contributed by atoms with Crippen molar-refractivity contribution >= 4 is 11.9 Å². The number of fused-ring (bicyclic) bond motifs is 1. The van der Waals surface area contributed by atoms with E-state index in [0.29, 0.717) is 35.5 Å². The first kappa shape index (κ1) is 23.0. The third kappa shape index (κ3) is 4.62. The van der Waals surface area contributed by atoms with Crippen LogP contribution in [-0.2, 0) is 11.3 Å². The summed E-state index contributed by atoms with van der Waals surface area (Å²) in [4.78, 5) is 30.3. The number of cyclic esters (lactones) is 1. The minimum atomic E-state index is -1.29. The fourth-order valence-electron chi connectivity index (χ4n) is 4.54. The maximum atomic E-state index is 14.9. The Morgan fingerprint density at radius 3 is 2.91 bits per heavy atom. The summed E-state index contributed by atoms with van der Waals surface area (Å²) in [5, 5.41) is 24.4. The largest absolute Gasteiger partial charge is 0.457 e. The lowest BCUT2D eigenvalue weighted by Crippen LogP contribution is -2.53. The first-order valence-corrected chi connectivity index (χ1v) is 11.2. The minimum absolute atomic E-state index is 0.0874. The number of nitrogens with one attached hydrogen (secondary N) is 1. The number of β-amino-alcohol motifs (C(OH)–C–C–N with tert-alkyl or cyclic N) is 1. The summed E-state index contributed by atoms with van der Waals surface area (Å²) in [7, 11) is 0. The van der Waals surface area contributed by atoms with Gasteiger partial charge in [-0.1, -0.05) is 6.07 Å². The lowest BCUT2D eigenvalue weighted by Gasteiger charge is -2.36. The second-order valence-corrected chi connectivity index (χ2v) is 8.70. The maximum Gasteiger partial charge on any atom is 0.338 e. The number of hydrogen-bond acceptors (Lipinski definition) is 9. The van der Waals surface area contributed by atoms with Gasteiger partial charge >= 0.3 is 5.97 Å². The Bertz CT molecular complexity index is 1240. The fourth-order valence-corrected chi connectivity index (χ4v) is 4.54. The third-order valence-electron chi connectivity index (χ3n) is 6.53. The van der Waals surface area contributed by atoms with E-state index in [-0.39, 0.29) is 25.7 Å². The Hall–Kier alpha value is -3.77. The van der Waals surface area contributed by atoms with Gasteiger partial charge in [0, 0.05) is 31.4 Å². The first-order chi connectivity index (χ1) is 16.9. The molecule has 3 atom stereocenters. The van der Waals surface area contributed by atoms with Gasteiger partial charge in [-0.3, -0.25) is 9.69 Å². The average molecular weight is 481 g/mol. The number of nitrogens with zero attached hydrogens (tertiary/aromatic N) is 6. The van der Waals surface area contributed by atoms with E-state index < -0.39 is 24.2 Å². The van der Waals surface area contributed by atoms with Crippen molar-refractivity contribution in [3.63, 3.8) is 0 Å². The molecule has 1 unspecified atom stereocenters. The maximum absolute atomic E-state index is 14.9. The van der Waals surface area contributed by atoms with Gasteiger partial charge in [0.1, 0.15) is 19.1 Å². The number of carbonyl (C=O) groups is 2. The molecular weight excluding hydrogens is 457 g/mol. The van der Waals surface area contributed by atoms with E-state index in [4.69, 9.17) is 4.74 Å². The molecule has 2 aliphatic rings. The van der Waals surface area contributed by atoms with E-state index in [1.54, 1.807) is 24.3 Å². The number of carbonyl (C=O) groups excluding carboxylic acids is 2. The van der Waals surface area contributed by atoms with Gasteiger partial charge in [0.25, 0.3) is 5.91 Å². The summed E-state index contributed by atoms with van der Waals surface area (Å²) in [6.07, 6.45) is 1.06. The smallest absolute Gasteiger partial charge is 0.338 e. The second-order valence-electron chi connectivity index (χ2n) is 8.70. The molecule has 3 aromatic rings. The summed E-state index contributed by atoms with van der Waals surface area (Å²) in [5.41, 5.74) is 3.14. The number of esters is 1. The first-order valence-electron chi connectivity index (χ1n) is 11.2. The summed E-state index contributed by atoms with van der Waals surface area (Å²) < 4.78 is 21.4. The quantitative estimate of drug-likeness (QED) is 0.493. The highest BCUT2D eigenvalue weighted by molar-refractivity contribution is 5.94. The van der Waals surface area contributed by atoms with E-state index in [2.05, 4.69) is 25.8 Å². The predicted octanol–water partition coefficient (Wildman–Crippen LogP) is 0.912. The molecule has 4 heterocycles. The molecule has 2 aromatic heterocycles. The van der Waals surface area contributed by atoms with Crippen LogP contribution in [0.2, 0.25) is 0 Å². The highest BCUT2D eigenvalue weighted by Gasteiger charge is 2.32. The van der Waals surface area contributed by atoms with E-state index in [0.717, 1.165) is 11.1 Å². The monoisotopic (exact) mass is 481 g/mol. The van der Waals surface area contributed by atoms with Crippen LogP contribution >= 0.6 is 0 Å². The molecule has 0 radical (unpaired) electrons. The molecule has 35 heavy (non-hydrogen) atoms. The number of hydrogen-bond donors (Lipinski definition) is 2. The zero-order chi connectivity index (χ0) is 24.5. The Morgan fingerprint density at radius 2 is 2.20 bits per heavy atom. The third-order valence-corrected chi connectivity index (χ3v) is 6.53. The van der Waals surface area contributed by atoms with Crippen LogP contribution in [0.15, 0.2) is 36.8 Å². The van der Waals surface area contributed by atoms with Crippen LogP contribution in [0.25, 0.3) is 5.82 Å². The fraction of sp³-hybridized carbons (Fsp3) is 0.391. The van der Waals surface area contributed by atoms with Crippen molar-refractivity contribution in [1.82, 2.24) is 35.4 Å². The SMILES string of the molecule is Cc1c(C(O)CN2CC[C@H](NC(=O)c3ccc(-n4cnnn4)nc3)[C@H](F)C2)ccc2c1COC2=O. The van der Waals surface area contributed by atoms with Crippen LogP contribution in [0.3, 0.4) is 0 Å². The molecule has 1 amide bonds. The highest BCUT2D eigenvalue weighted by atomic mass is 19.1. The molecule has 2 aliphatic heterocycles. The van der Waals surface area contributed by atoms with Gasteiger partial charge in [-0.25, -0.2) is 14.2 Å². The lowest BCUT2D eigenvalue weighted by molar-refractivity contribution is 0.0527. The molecule has 182 valence electrons. The molecule has 11 nitrogen and oxygen atoms in total. The number of aliphatic hydroxyl groups excluding tert-OH is 1. The minimum Gasteiger partial charge on any atom is -0.457 e. The Balaban J connectivity index is 1.16. The van der Waals surface area contributed by atoms with Crippen molar-refractivity contribution in [2.24, 2.45) is 0 Å². The Kier molecular flexibility index (Phi) is 6.22. The van der Waals surface area contributed by atoms with Gasteiger partial charge in [0.15, 0.2) is 5.82 Å². The number of likely N-dealkylation sites (tertiary alicyclic amines) is 1. The van der Waals surface area contributed by atoms with Crippen LogP contribution in [0.5, 0.6) is 0 Å². The van der Waals surface area contributed by atoms with Crippen LogP contribution < -0.4 is 5.32 Å². The topological polar surface area (TPSA) is 135 Å². The molecule has 12 heteroatoms. The predicted molar refractivity (Wildman–Crippen MR) is 119 cm³/mol. The van der Waals surface area contributed by atoms with Gasteiger partial charge < -0.3 is 15.2 Å². The number of ether oxygens (including phenoxy) is 1. The van der Waals surface area contributed by atoms with Gasteiger partial charge in [0.05, 0.1) is 23.3 Å². The summed E-state index contributed by atoms with van der Waals surface area (Å²) in [6.45, 7) is 2.91. The van der Waals surface area contributed by atoms with E-state index in [1.165, 1.54) is 17.2 Å². The van der Waals surface area contributed by atoms with Crippen molar-refractivity contribution in [2.45, 2.75) is 38.3 Å². The number of aromatic nitrogens is 5. The second kappa shape index (κ2) is 9.47. The van der Waals surface area contributed by atoms with E-state index in [1.807, 2.05) is 11.8 Å². The van der Waals surface area contributed by atoms with Crippen LogP contribution in [-0.4, -0.2) is 78.9 Å². The normalized spacial score (nSPS) is 20.8. The summed E-state index contributed by atoms with van der Waals surface area (Å²) in [5.74, 6) is -0.306. The summed E-state index contributed by atoms with van der Waals surface area (Å²) in [6, 6.07) is 5.94. The van der Waals surface area contributed by atoms with Crippen molar-refractivity contribution in [2.75, 3.05) is 19.6 Å². The average Bonchev–Trinajstić information content (AvgIpc) is 3.52. The van der Waals surface area contributed by atoms with E-state index in [9.17, 15) is 19.1 Å². The molecule has 1 saturated heterocycles. The highest BCUT2D eigenvalue weighted by Crippen LogP contribution is 2.30. The number of amides is 1. The van der Waals surface area contributed by atoms with E-state index >= 15 is 0 Å². The standard InChI is InChI=1S/C23H24FN7O4/c1-13-15(3-4-16-17(13)11-35-23(16)34)20(32)10-30-7-6-19(18(24)9-30)27-22(33)14-2-5-21(25-8-14)31-12-26-28-29-31/h2-5,8,12,18-20,32H,6-7,9-11H2,1H3,(H,27,33)/t18-,19+,20?/m1/s1. The summed E-state index contributed by atoms with van der Waals surface area (Å²) >= 11 is 0. The van der Waals surface area contributed by atoms with Crippen molar-refractivity contribution in [3.05, 3.63) is 64.6 Å². The molecule has 0 spiro atoms. The molecule has 0 bridgehead atoms.